The van der Waals surface area contributed by atoms with Gasteiger partial charge in [-0.15, -0.1) is 0 Å². The molecule has 0 bridgehead atoms. The van der Waals surface area contributed by atoms with Gasteiger partial charge < -0.3 is 19.3 Å². The Labute approximate surface area is 128 Å². The molecule has 1 aliphatic heterocycles. The van der Waals surface area contributed by atoms with Crippen LogP contribution in [0.2, 0.25) is 0 Å². The van der Waals surface area contributed by atoms with Crippen LogP contribution in [0.4, 0.5) is 0 Å². The van der Waals surface area contributed by atoms with Gasteiger partial charge >= 0.3 is 0 Å². The lowest BCUT2D eigenvalue weighted by Crippen LogP contribution is -2.50. The monoisotopic (exact) mass is 344 g/mol. The number of halogens is 1. The van der Waals surface area contributed by atoms with Crippen LogP contribution in [-0.2, 0) is 4.74 Å². The molecule has 0 saturated carbocycles. The van der Waals surface area contributed by atoms with E-state index in [0.29, 0.717) is 18.1 Å². The number of hydrogen-bond donors (Lipinski definition) is 1. The molecule has 1 N–H and O–H groups in total. The van der Waals surface area contributed by atoms with Crippen molar-refractivity contribution in [1.29, 1.82) is 0 Å². The lowest BCUT2D eigenvalue weighted by Gasteiger charge is -2.37. The number of ether oxygens (including phenoxy) is 3. The molecule has 1 heterocycles. The molecule has 2 rings (SSSR count). The van der Waals surface area contributed by atoms with E-state index in [0.717, 1.165) is 4.47 Å². The zero-order chi connectivity index (χ0) is 15.0. The van der Waals surface area contributed by atoms with Crippen LogP contribution in [0.1, 0.15) is 27.7 Å². The molecule has 0 saturated heterocycles. The molecule has 0 aromatic heterocycles. The summed E-state index contributed by atoms with van der Waals surface area (Å²) >= 11 is 3.43. The molecule has 0 amide bonds. The van der Waals surface area contributed by atoms with Crippen LogP contribution in [0.15, 0.2) is 22.7 Å². The van der Waals surface area contributed by atoms with E-state index in [1.54, 1.807) is 0 Å². The molecule has 0 fully saturated rings. The van der Waals surface area contributed by atoms with Crippen LogP contribution >= 0.6 is 15.9 Å². The van der Waals surface area contributed by atoms with E-state index >= 15 is 0 Å². The van der Waals surface area contributed by atoms with Crippen LogP contribution in [0.5, 0.6) is 11.5 Å². The van der Waals surface area contributed by atoms with E-state index in [1.807, 2.05) is 45.9 Å². The number of fused-ring (bicyclic) bond motifs is 1. The van der Waals surface area contributed by atoms with Crippen molar-refractivity contribution in [2.75, 3.05) is 13.2 Å². The molecule has 0 spiro atoms. The summed E-state index contributed by atoms with van der Waals surface area (Å²) in [5.41, 5.74) is -1.19. The minimum atomic E-state index is -0.633. The molecule has 1 aromatic rings. The number of hydrogen-bond acceptors (Lipinski definition) is 4. The minimum Gasteiger partial charge on any atom is -0.487 e. The van der Waals surface area contributed by atoms with Gasteiger partial charge in [-0.2, -0.15) is 0 Å². The zero-order valence-corrected chi connectivity index (χ0v) is 13.9. The van der Waals surface area contributed by atoms with Gasteiger partial charge in [0.2, 0.25) is 0 Å². The Bertz CT molecular complexity index is 485. The second-order valence-electron chi connectivity index (χ2n) is 6.13. The predicted octanol–water partition coefficient (Wildman–Crippen LogP) is 3.16. The number of aliphatic hydroxyl groups is 1. The summed E-state index contributed by atoms with van der Waals surface area (Å²) < 4.78 is 18.8. The normalized spacial score (nSPS) is 21.4. The Hall–Kier alpha value is -0.780. The standard InChI is InChI=1S/C15H21BrO4/c1-14(2,9-17)20-13-8-18-11-6-5-10(16)7-12(11)19-15(13,3)4/h5-7,13,17H,8-9H2,1-4H3/t13-/m0/s1. The third kappa shape index (κ3) is 3.45. The lowest BCUT2D eigenvalue weighted by molar-refractivity contribution is -0.160. The second kappa shape index (κ2) is 5.54. The highest BCUT2D eigenvalue weighted by Crippen LogP contribution is 2.38. The summed E-state index contributed by atoms with van der Waals surface area (Å²) in [6.45, 7) is 7.94. The van der Waals surface area contributed by atoms with E-state index in [9.17, 15) is 5.11 Å². The Morgan fingerprint density at radius 1 is 1.40 bits per heavy atom. The van der Waals surface area contributed by atoms with Gasteiger partial charge in [-0.3, -0.25) is 0 Å². The smallest absolute Gasteiger partial charge is 0.163 e. The van der Waals surface area contributed by atoms with Crippen LogP contribution in [0.25, 0.3) is 0 Å². The third-order valence-electron chi connectivity index (χ3n) is 3.29. The number of rotatable bonds is 3. The van der Waals surface area contributed by atoms with Crippen LogP contribution in [0.3, 0.4) is 0 Å². The maximum Gasteiger partial charge on any atom is 0.163 e. The van der Waals surface area contributed by atoms with Crippen molar-refractivity contribution in [3.8, 4) is 11.5 Å². The second-order valence-corrected chi connectivity index (χ2v) is 7.05. The van der Waals surface area contributed by atoms with Gasteiger partial charge in [-0.25, -0.2) is 0 Å². The molecule has 1 aliphatic rings. The van der Waals surface area contributed by atoms with E-state index in [1.165, 1.54) is 0 Å². The molecule has 4 nitrogen and oxygen atoms in total. The maximum atomic E-state index is 9.36. The van der Waals surface area contributed by atoms with Crippen molar-refractivity contribution in [2.24, 2.45) is 0 Å². The van der Waals surface area contributed by atoms with Crippen molar-refractivity contribution in [3.05, 3.63) is 22.7 Å². The fourth-order valence-corrected chi connectivity index (χ4v) is 2.33. The molecule has 0 radical (unpaired) electrons. The summed E-state index contributed by atoms with van der Waals surface area (Å²) in [5.74, 6) is 1.39. The highest BCUT2D eigenvalue weighted by molar-refractivity contribution is 9.10. The van der Waals surface area contributed by atoms with E-state index in [-0.39, 0.29) is 12.7 Å². The van der Waals surface area contributed by atoms with Crippen LogP contribution in [-0.4, -0.2) is 35.6 Å². The van der Waals surface area contributed by atoms with Gasteiger partial charge in [0.15, 0.2) is 11.5 Å². The Kier molecular flexibility index (Phi) is 4.33. The van der Waals surface area contributed by atoms with E-state index < -0.39 is 11.2 Å². The largest absolute Gasteiger partial charge is 0.487 e. The summed E-state index contributed by atoms with van der Waals surface area (Å²) in [4.78, 5) is 0. The summed E-state index contributed by atoms with van der Waals surface area (Å²) in [6.07, 6.45) is -0.282. The van der Waals surface area contributed by atoms with Crippen LogP contribution in [0, 0.1) is 0 Å². The van der Waals surface area contributed by atoms with Gasteiger partial charge in [0, 0.05) is 4.47 Å². The highest BCUT2D eigenvalue weighted by atomic mass is 79.9. The number of aliphatic hydroxyl groups excluding tert-OH is 1. The van der Waals surface area contributed by atoms with Crippen molar-refractivity contribution in [1.82, 2.24) is 0 Å². The Morgan fingerprint density at radius 3 is 2.75 bits per heavy atom. The van der Waals surface area contributed by atoms with Crippen molar-refractivity contribution in [3.63, 3.8) is 0 Å². The summed E-state index contributed by atoms with van der Waals surface area (Å²) in [6, 6.07) is 5.67. The van der Waals surface area contributed by atoms with Gasteiger partial charge in [-0.05, 0) is 45.9 Å². The zero-order valence-electron chi connectivity index (χ0n) is 12.3. The van der Waals surface area contributed by atoms with Crippen LogP contribution < -0.4 is 9.47 Å². The summed E-state index contributed by atoms with van der Waals surface area (Å²) in [7, 11) is 0. The molecular weight excluding hydrogens is 324 g/mol. The first-order valence-corrected chi connectivity index (χ1v) is 7.43. The van der Waals surface area contributed by atoms with Gasteiger partial charge in [0.05, 0.1) is 12.2 Å². The first kappa shape index (κ1) is 15.6. The van der Waals surface area contributed by atoms with Gasteiger partial charge in [0.25, 0.3) is 0 Å². The average Bonchev–Trinajstić information content (AvgIpc) is 2.46. The molecule has 5 heteroatoms. The van der Waals surface area contributed by atoms with Gasteiger partial charge in [-0.1, -0.05) is 15.9 Å². The molecule has 0 unspecified atom stereocenters. The maximum absolute atomic E-state index is 9.36. The van der Waals surface area contributed by atoms with Crippen molar-refractivity contribution in [2.45, 2.75) is 45.0 Å². The van der Waals surface area contributed by atoms with E-state index in [2.05, 4.69) is 15.9 Å². The molecule has 20 heavy (non-hydrogen) atoms. The molecule has 1 aromatic carbocycles. The fourth-order valence-electron chi connectivity index (χ4n) is 1.99. The Morgan fingerprint density at radius 2 is 2.10 bits per heavy atom. The SMILES string of the molecule is CC(C)(CO)O[C@H]1COc2ccc(Br)cc2OC1(C)C. The molecule has 0 aliphatic carbocycles. The van der Waals surface area contributed by atoms with E-state index in [4.69, 9.17) is 14.2 Å². The average molecular weight is 345 g/mol. The van der Waals surface area contributed by atoms with Crippen molar-refractivity contribution < 1.29 is 19.3 Å². The molecule has 112 valence electrons. The quantitative estimate of drug-likeness (QED) is 0.914. The molecular formula is C15H21BrO4. The lowest BCUT2D eigenvalue weighted by atomic mass is 10.0. The first-order valence-electron chi connectivity index (χ1n) is 6.63. The Balaban J connectivity index is 2.24. The number of benzene rings is 1. The predicted molar refractivity (Wildman–Crippen MR) is 80.4 cm³/mol. The minimum absolute atomic E-state index is 0.0575. The topological polar surface area (TPSA) is 47.9 Å². The first-order chi connectivity index (χ1) is 9.23. The molecule has 1 atom stereocenters. The fraction of sp³-hybridized carbons (Fsp3) is 0.600. The third-order valence-corrected chi connectivity index (χ3v) is 3.78. The summed E-state index contributed by atoms with van der Waals surface area (Å²) in [5, 5.41) is 9.36. The van der Waals surface area contributed by atoms with Gasteiger partial charge in [0.1, 0.15) is 18.3 Å². The highest BCUT2D eigenvalue weighted by Gasteiger charge is 2.40. The van der Waals surface area contributed by atoms with Crippen molar-refractivity contribution >= 4 is 15.9 Å².